The van der Waals surface area contributed by atoms with Crippen LogP contribution in [0.1, 0.15) is 41.8 Å². The van der Waals surface area contributed by atoms with E-state index in [0.717, 1.165) is 0 Å². The maximum atomic E-state index is 12.3. The molecule has 0 spiro atoms. The number of aryl methyl sites for hydroxylation is 2. The van der Waals surface area contributed by atoms with Crippen LogP contribution in [0.2, 0.25) is 0 Å². The molecule has 1 amide bonds. The summed E-state index contributed by atoms with van der Waals surface area (Å²) in [6, 6.07) is 1.71. The Kier molecular flexibility index (Phi) is 5.62. The highest BCUT2D eigenvalue weighted by Gasteiger charge is 2.27. The lowest BCUT2D eigenvalue weighted by atomic mass is 9.98. The number of aliphatic carboxylic acids is 1. The maximum Gasteiger partial charge on any atom is 0.326 e. The van der Waals surface area contributed by atoms with Gasteiger partial charge >= 0.3 is 5.97 Å². The van der Waals surface area contributed by atoms with Crippen molar-refractivity contribution in [3.8, 4) is 0 Å². The molecule has 0 aliphatic carbocycles. The second-order valence-electron chi connectivity index (χ2n) is 5.39. The van der Waals surface area contributed by atoms with E-state index in [0.29, 0.717) is 17.5 Å². The number of carbonyl (C=O) groups excluding carboxylic acids is 1. The van der Waals surface area contributed by atoms with Crippen molar-refractivity contribution < 1.29 is 19.6 Å². The Morgan fingerprint density at radius 1 is 1.32 bits per heavy atom. The molecule has 0 aliphatic heterocycles. The smallest absolute Gasteiger partial charge is 0.326 e. The molecule has 0 bridgehead atoms. The van der Waals surface area contributed by atoms with Crippen molar-refractivity contribution >= 4 is 17.6 Å². The van der Waals surface area contributed by atoms with Gasteiger partial charge in [-0.1, -0.05) is 20.3 Å². The lowest BCUT2D eigenvalue weighted by molar-refractivity contribution is -0.385. The number of hydrogen-bond acceptors (Lipinski definition) is 4. The summed E-state index contributed by atoms with van der Waals surface area (Å²) in [6.45, 7) is 6.80. The molecule has 22 heavy (non-hydrogen) atoms. The van der Waals surface area contributed by atoms with Crippen molar-refractivity contribution in [3.63, 3.8) is 0 Å². The molecule has 0 aromatic heterocycles. The fourth-order valence-electron chi connectivity index (χ4n) is 2.18. The Balaban J connectivity index is 3.14. The van der Waals surface area contributed by atoms with Crippen LogP contribution < -0.4 is 5.32 Å². The summed E-state index contributed by atoms with van der Waals surface area (Å²) >= 11 is 0. The van der Waals surface area contributed by atoms with Crippen molar-refractivity contribution in [2.45, 2.75) is 40.2 Å². The number of nitro benzene ring substituents is 1. The van der Waals surface area contributed by atoms with Crippen LogP contribution in [0.25, 0.3) is 0 Å². The minimum atomic E-state index is -1.12. The van der Waals surface area contributed by atoms with E-state index >= 15 is 0 Å². The first-order chi connectivity index (χ1) is 10.2. The number of nitro groups is 1. The lowest BCUT2D eigenvalue weighted by Crippen LogP contribution is -2.45. The molecule has 0 radical (unpaired) electrons. The number of amides is 1. The van der Waals surface area contributed by atoms with Crippen LogP contribution >= 0.6 is 0 Å². The summed E-state index contributed by atoms with van der Waals surface area (Å²) in [5, 5.41) is 22.6. The van der Waals surface area contributed by atoms with Crippen LogP contribution in [0, 0.1) is 29.9 Å². The molecule has 0 saturated heterocycles. The van der Waals surface area contributed by atoms with E-state index in [1.807, 2.05) is 6.92 Å². The predicted octanol–water partition coefficient (Wildman–Crippen LogP) is 2.44. The van der Waals surface area contributed by atoms with Gasteiger partial charge in [-0.05, 0) is 31.4 Å². The summed E-state index contributed by atoms with van der Waals surface area (Å²) in [4.78, 5) is 34.0. The first-order valence-corrected chi connectivity index (χ1v) is 6.98. The zero-order valence-corrected chi connectivity index (χ0v) is 13.0. The van der Waals surface area contributed by atoms with E-state index < -0.39 is 22.8 Å². The van der Waals surface area contributed by atoms with Crippen molar-refractivity contribution in [1.82, 2.24) is 5.32 Å². The summed E-state index contributed by atoms with van der Waals surface area (Å²) < 4.78 is 0. The average molecular weight is 308 g/mol. The molecule has 1 aromatic carbocycles. The van der Waals surface area contributed by atoms with Crippen LogP contribution in [0.15, 0.2) is 12.1 Å². The molecule has 0 heterocycles. The third-order valence-corrected chi connectivity index (χ3v) is 3.75. The molecule has 0 unspecified atom stereocenters. The molecule has 2 N–H and O–H groups in total. The van der Waals surface area contributed by atoms with E-state index in [2.05, 4.69) is 5.32 Å². The predicted molar refractivity (Wildman–Crippen MR) is 80.9 cm³/mol. The van der Waals surface area contributed by atoms with Gasteiger partial charge in [0.1, 0.15) is 6.04 Å². The van der Waals surface area contributed by atoms with Gasteiger partial charge in [-0.15, -0.1) is 0 Å². The van der Waals surface area contributed by atoms with Crippen LogP contribution in [0.3, 0.4) is 0 Å². The zero-order valence-electron chi connectivity index (χ0n) is 13.0. The highest BCUT2D eigenvalue weighted by atomic mass is 16.6. The molecular formula is C15H20N2O5. The van der Waals surface area contributed by atoms with Crippen molar-refractivity contribution in [1.29, 1.82) is 0 Å². The fourth-order valence-corrected chi connectivity index (χ4v) is 2.18. The molecule has 120 valence electrons. The van der Waals surface area contributed by atoms with Gasteiger partial charge in [0.15, 0.2) is 0 Å². The quantitative estimate of drug-likeness (QED) is 0.619. The highest BCUT2D eigenvalue weighted by molar-refractivity contribution is 5.98. The minimum absolute atomic E-state index is 0.117. The van der Waals surface area contributed by atoms with Crippen LogP contribution in [-0.2, 0) is 4.79 Å². The molecule has 1 rings (SSSR count). The minimum Gasteiger partial charge on any atom is -0.480 e. The Bertz CT molecular complexity index is 612. The standard InChI is InChI=1S/C15H20N2O5/c1-5-8(2)13(15(19)20)16-14(18)11-7-12(17(21)22)10(4)6-9(11)3/h6-8,13H,5H2,1-4H3,(H,16,18)(H,19,20)/t8-,13-/m0/s1. The van der Waals surface area contributed by atoms with Crippen LogP contribution in [0.4, 0.5) is 5.69 Å². The van der Waals surface area contributed by atoms with Crippen LogP contribution in [-0.4, -0.2) is 27.9 Å². The van der Waals surface area contributed by atoms with Gasteiger partial charge in [0.2, 0.25) is 0 Å². The molecule has 1 aromatic rings. The van der Waals surface area contributed by atoms with Gasteiger partial charge in [0, 0.05) is 17.2 Å². The molecule has 0 fully saturated rings. The molecule has 7 heteroatoms. The van der Waals surface area contributed by atoms with Gasteiger partial charge in [0.05, 0.1) is 4.92 Å². The van der Waals surface area contributed by atoms with E-state index in [-0.39, 0.29) is 17.2 Å². The average Bonchev–Trinajstić information content (AvgIpc) is 2.42. The molecule has 2 atom stereocenters. The number of carbonyl (C=O) groups is 2. The Morgan fingerprint density at radius 3 is 2.36 bits per heavy atom. The number of nitrogens with zero attached hydrogens (tertiary/aromatic N) is 1. The Hall–Kier alpha value is -2.44. The molecule has 0 aliphatic rings. The molecule has 7 nitrogen and oxygen atoms in total. The van der Waals surface area contributed by atoms with E-state index in [1.165, 1.54) is 6.07 Å². The summed E-state index contributed by atoms with van der Waals surface area (Å²) in [5.41, 5.74) is 0.975. The topological polar surface area (TPSA) is 110 Å². The van der Waals surface area contributed by atoms with E-state index in [9.17, 15) is 24.8 Å². The fraction of sp³-hybridized carbons (Fsp3) is 0.467. The number of benzene rings is 1. The SMILES string of the molecule is CC[C@H](C)[C@H](NC(=O)c1cc([N+](=O)[O-])c(C)cc1C)C(=O)O. The summed E-state index contributed by atoms with van der Waals surface area (Å²) in [7, 11) is 0. The monoisotopic (exact) mass is 308 g/mol. The van der Waals surface area contributed by atoms with Crippen molar-refractivity contribution in [3.05, 3.63) is 38.9 Å². The first kappa shape index (κ1) is 17.6. The van der Waals surface area contributed by atoms with Crippen molar-refractivity contribution in [2.24, 2.45) is 5.92 Å². The Morgan fingerprint density at radius 2 is 1.91 bits per heavy atom. The lowest BCUT2D eigenvalue weighted by Gasteiger charge is -2.20. The highest BCUT2D eigenvalue weighted by Crippen LogP contribution is 2.23. The maximum absolute atomic E-state index is 12.3. The number of rotatable bonds is 6. The normalized spacial score (nSPS) is 13.3. The van der Waals surface area contributed by atoms with Gasteiger partial charge in [-0.25, -0.2) is 4.79 Å². The zero-order chi connectivity index (χ0) is 17.0. The van der Waals surface area contributed by atoms with Crippen molar-refractivity contribution in [2.75, 3.05) is 0 Å². The number of carboxylic acid groups (broad SMARTS) is 1. The first-order valence-electron chi connectivity index (χ1n) is 6.98. The third-order valence-electron chi connectivity index (χ3n) is 3.75. The summed E-state index contributed by atoms with van der Waals surface area (Å²) in [5.74, 6) is -1.99. The van der Waals surface area contributed by atoms with Gasteiger partial charge in [-0.3, -0.25) is 14.9 Å². The summed E-state index contributed by atoms with van der Waals surface area (Å²) in [6.07, 6.45) is 0.588. The second kappa shape index (κ2) is 7.02. The number of carboxylic acids is 1. The van der Waals surface area contributed by atoms with Gasteiger partial charge in [0.25, 0.3) is 11.6 Å². The molecule has 0 saturated carbocycles. The number of hydrogen-bond donors (Lipinski definition) is 2. The van der Waals surface area contributed by atoms with E-state index in [4.69, 9.17) is 0 Å². The van der Waals surface area contributed by atoms with Gasteiger partial charge in [-0.2, -0.15) is 0 Å². The van der Waals surface area contributed by atoms with Gasteiger partial charge < -0.3 is 10.4 Å². The largest absolute Gasteiger partial charge is 0.480 e. The second-order valence-corrected chi connectivity index (χ2v) is 5.39. The Labute approximate surface area is 128 Å². The van der Waals surface area contributed by atoms with E-state index in [1.54, 1.807) is 26.8 Å². The molecular weight excluding hydrogens is 288 g/mol. The third kappa shape index (κ3) is 3.81. The van der Waals surface area contributed by atoms with Crippen LogP contribution in [0.5, 0.6) is 0 Å². The number of nitrogens with one attached hydrogen (secondary N) is 1.